The molecule has 3 heterocycles. The summed E-state index contributed by atoms with van der Waals surface area (Å²) in [6, 6.07) is 13.8. The third kappa shape index (κ3) is 3.25. The van der Waals surface area contributed by atoms with E-state index in [1.807, 2.05) is 42.5 Å². The van der Waals surface area contributed by atoms with Crippen molar-refractivity contribution < 1.29 is 9.21 Å². The first-order valence-electron chi connectivity index (χ1n) is 10.7. The van der Waals surface area contributed by atoms with Gasteiger partial charge in [0.15, 0.2) is 5.82 Å². The van der Waals surface area contributed by atoms with Crippen molar-refractivity contribution in [1.29, 1.82) is 0 Å². The lowest BCUT2D eigenvalue weighted by Gasteiger charge is -2.12. The molecule has 3 aromatic heterocycles. The first-order valence-corrected chi connectivity index (χ1v) is 10.7. The van der Waals surface area contributed by atoms with Gasteiger partial charge in [-0.1, -0.05) is 6.07 Å². The summed E-state index contributed by atoms with van der Waals surface area (Å²) in [6.07, 6.45) is 6.06. The zero-order valence-corrected chi connectivity index (χ0v) is 17.3. The van der Waals surface area contributed by atoms with Gasteiger partial charge in [-0.25, -0.2) is 4.98 Å². The summed E-state index contributed by atoms with van der Waals surface area (Å²) in [4.78, 5) is 20.9. The molecule has 1 aliphatic carbocycles. The van der Waals surface area contributed by atoms with Crippen molar-refractivity contribution >= 4 is 27.8 Å². The molecule has 8 nitrogen and oxygen atoms in total. The van der Waals surface area contributed by atoms with Gasteiger partial charge in [0, 0.05) is 28.6 Å². The van der Waals surface area contributed by atoms with E-state index in [2.05, 4.69) is 20.5 Å². The molecule has 5 aromatic rings. The predicted molar refractivity (Wildman–Crippen MR) is 122 cm³/mol. The van der Waals surface area contributed by atoms with Crippen molar-refractivity contribution in [3.05, 3.63) is 60.6 Å². The fourth-order valence-corrected chi connectivity index (χ4v) is 4.48. The van der Waals surface area contributed by atoms with E-state index >= 15 is 0 Å². The average molecular weight is 426 g/mol. The third-order valence-electron chi connectivity index (χ3n) is 6.19. The Kier molecular flexibility index (Phi) is 4.32. The third-order valence-corrected chi connectivity index (χ3v) is 6.19. The van der Waals surface area contributed by atoms with Gasteiger partial charge in [-0.05, 0) is 61.2 Å². The number of nitrogens with two attached hydrogens (primary N) is 1. The summed E-state index contributed by atoms with van der Waals surface area (Å²) in [5, 5.41) is 11.4. The standard InChI is InChI=1S/C24H22N6O2/c25-16-3-4-17(11-16)26-24(31)14-2-5-19-18(9-14)22(30-29-19)23-27-20-6-1-13(10-21(20)28-23)15-7-8-32-12-15/h1-2,5-10,12,16-17H,3-4,11,25H2,(H,26,31)(H,27,28)(H,29,30)/t16-,17-/m0/s1. The van der Waals surface area contributed by atoms with Crippen LogP contribution in [0.3, 0.4) is 0 Å². The molecule has 0 bridgehead atoms. The second kappa shape index (κ2) is 7.35. The first kappa shape index (κ1) is 18.8. The van der Waals surface area contributed by atoms with E-state index in [0.717, 1.165) is 52.3 Å². The smallest absolute Gasteiger partial charge is 0.251 e. The van der Waals surface area contributed by atoms with E-state index in [9.17, 15) is 4.79 Å². The Morgan fingerprint density at radius 3 is 2.84 bits per heavy atom. The molecule has 1 aliphatic rings. The number of rotatable bonds is 4. The molecule has 0 unspecified atom stereocenters. The summed E-state index contributed by atoms with van der Waals surface area (Å²) in [7, 11) is 0. The predicted octanol–water partition coefficient (Wildman–Crippen LogP) is 3.98. The summed E-state index contributed by atoms with van der Waals surface area (Å²) >= 11 is 0. The maximum Gasteiger partial charge on any atom is 0.251 e. The van der Waals surface area contributed by atoms with E-state index in [4.69, 9.17) is 15.1 Å². The highest BCUT2D eigenvalue weighted by atomic mass is 16.3. The van der Waals surface area contributed by atoms with Crippen LogP contribution in [0.4, 0.5) is 0 Å². The van der Waals surface area contributed by atoms with Crippen LogP contribution < -0.4 is 11.1 Å². The number of fused-ring (bicyclic) bond motifs is 2. The number of carbonyl (C=O) groups excluding carboxylic acids is 1. The monoisotopic (exact) mass is 426 g/mol. The van der Waals surface area contributed by atoms with Crippen LogP contribution in [0.15, 0.2) is 59.4 Å². The minimum Gasteiger partial charge on any atom is -0.472 e. The van der Waals surface area contributed by atoms with Gasteiger partial charge in [-0.3, -0.25) is 9.89 Å². The molecule has 1 saturated carbocycles. The van der Waals surface area contributed by atoms with Gasteiger partial charge in [0.05, 0.1) is 29.1 Å². The summed E-state index contributed by atoms with van der Waals surface area (Å²) in [5.74, 6) is 0.558. The van der Waals surface area contributed by atoms with Crippen LogP contribution >= 0.6 is 0 Å². The zero-order chi connectivity index (χ0) is 21.7. The van der Waals surface area contributed by atoms with Gasteiger partial charge in [0.2, 0.25) is 0 Å². The van der Waals surface area contributed by atoms with Crippen molar-refractivity contribution in [3.63, 3.8) is 0 Å². The molecule has 8 heteroatoms. The molecule has 0 radical (unpaired) electrons. The number of amides is 1. The van der Waals surface area contributed by atoms with Gasteiger partial charge in [-0.2, -0.15) is 5.10 Å². The Balaban J connectivity index is 1.34. The second-order valence-electron chi connectivity index (χ2n) is 8.41. The SMILES string of the molecule is N[C@H]1CC[C@H](NC(=O)c2ccc3[nH]nc(-c4nc5ccc(-c6ccoc6)cc5[nH]4)c3c2)C1. The van der Waals surface area contributed by atoms with Crippen molar-refractivity contribution in [2.45, 2.75) is 31.3 Å². The Bertz CT molecular complexity index is 1430. The number of benzene rings is 2. The van der Waals surface area contributed by atoms with Gasteiger partial charge in [0.25, 0.3) is 5.91 Å². The summed E-state index contributed by atoms with van der Waals surface area (Å²) in [6.45, 7) is 0. The molecule has 1 fully saturated rings. The van der Waals surface area contributed by atoms with E-state index in [-0.39, 0.29) is 18.0 Å². The number of hydrogen-bond acceptors (Lipinski definition) is 5. The van der Waals surface area contributed by atoms with Crippen LogP contribution in [0, 0.1) is 0 Å². The fourth-order valence-electron chi connectivity index (χ4n) is 4.48. The minimum absolute atomic E-state index is 0.0903. The molecule has 32 heavy (non-hydrogen) atoms. The Hall–Kier alpha value is -3.91. The molecule has 5 N–H and O–H groups in total. The lowest BCUT2D eigenvalue weighted by atomic mass is 10.1. The van der Waals surface area contributed by atoms with E-state index in [1.54, 1.807) is 12.5 Å². The van der Waals surface area contributed by atoms with E-state index < -0.39 is 0 Å². The van der Waals surface area contributed by atoms with Gasteiger partial charge >= 0.3 is 0 Å². The normalized spacial score (nSPS) is 18.5. The van der Waals surface area contributed by atoms with Crippen LogP contribution in [-0.4, -0.2) is 38.2 Å². The molecule has 0 saturated heterocycles. The molecule has 2 atom stereocenters. The largest absolute Gasteiger partial charge is 0.472 e. The molecule has 0 spiro atoms. The van der Waals surface area contributed by atoms with Crippen LogP contribution in [0.1, 0.15) is 29.6 Å². The zero-order valence-electron chi connectivity index (χ0n) is 17.3. The topological polar surface area (TPSA) is 126 Å². The van der Waals surface area contributed by atoms with Crippen molar-refractivity contribution in [2.24, 2.45) is 5.73 Å². The highest BCUT2D eigenvalue weighted by Gasteiger charge is 2.24. The van der Waals surface area contributed by atoms with Gasteiger partial charge in [-0.15, -0.1) is 0 Å². The molecular formula is C24H22N6O2. The van der Waals surface area contributed by atoms with Crippen molar-refractivity contribution in [1.82, 2.24) is 25.5 Å². The highest BCUT2D eigenvalue weighted by Crippen LogP contribution is 2.29. The van der Waals surface area contributed by atoms with Crippen LogP contribution in [0.2, 0.25) is 0 Å². The summed E-state index contributed by atoms with van der Waals surface area (Å²) in [5.41, 5.74) is 11.9. The Labute approximate surface area is 183 Å². The number of H-pyrrole nitrogens is 2. The maximum atomic E-state index is 12.8. The van der Waals surface area contributed by atoms with E-state index in [0.29, 0.717) is 17.1 Å². The number of aromatic amines is 2. The fraction of sp³-hybridized carbons (Fsp3) is 0.208. The molecule has 2 aromatic carbocycles. The quantitative estimate of drug-likeness (QED) is 0.346. The number of aromatic nitrogens is 4. The summed E-state index contributed by atoms with van der Waals surface area (Å²) < 4.78 is 5.19. The lowest BCUT2D eigenvalue weighted by Crippen LogP contribution is -2.34. The Morgan fingerprint density at radius 2 is 2.03 bits per heavy atom. The minimum atomic E-state index is -0.0903. The molecule has 6 rings (SSSR count). The van der Waals surface area contributed by atoms with Crippen LogP contribution in [0.5, 0.6) is 0 Å². The highest BCUT2D eigenvalue weighted by molar-refractivity contribution is 6.01. The van der Waals surface area contributed by atoms with Crippen LogP contribution in [-0.2, 0) is 0 Å². The average Bonchev–Trinajstić information content (AvgIpc) is 3.58. The number of nitrogens with one attached hydrogen (secondary N) is 3. The number of nitrogens with zero attached hydrogens (tertiary/aromatic N) is 2. The molecule has 1 amide bonds. The first-order chi connectivity index (χ1) is 15.6. The van der Waals surface area contributed by atoms with Crippen molar-refractivity contribution in [3.8, 4) is 22.6 Å². The molecular weight excluding hydrogens is 404 g/mol. The molecule has 0 aliphatic heterocycles. The molecule has 160 valence electrons. The van der Waals surface area contributed by atoms with Gasteiger partial charge in [0.1, 0.15) is 5.69 Å². The maximum absolute atomic E-state index is 12.8. The van der Waals surface area contributed by atoms with Gasteiger partial charge < -0.3 is 20.5 Å². The van der Waals surface area contributed by atoms with Crippen LogP contribution in [0.25, 0.3) is 44.6 Å². The number of imidazole rings is 1. The van der Waals surface area contributed by atoms with E-state index in [1.165, 1.54) is 0 Å². The number of carbonyl (C=O) groups is 1. The number of furan rings is 1. The second-order valence-corrected chi connectivity index (χ2v) is 8.41. The van der Waals surface area contributed by atoms with Crippen molar-refractivity contribution in [2.75, 3.05) is 0 Å². The number of hydrogen-bond donors (Lipinski definition) is 4. The lowest BCUT2D eigenvalue weighted by molar-refractivity contribution is 0.0938. The Morgan fingerprint density at radius 1 is 1.09 bits per heavy atom.